The van der Waals surface area contributed by atoms with Gasteiger partial charge in [0.05, 0.1) is 13.2 Å². The summed E-state index contributed by atoms with van der Waals surface area (Å²) in [6.07, 6.45) is 0.923. The van der Waals surface area contributed by atoms with Crippen molar-refractivity contribution in [3.63, 3.8) is 0 Å². The van der Waals surface area contributed by atoms with Gasteiger partial charge in [0.1, 0.15) is 11.5 Å². The van der Waals surface area contributed by atoms with Gasteiger partial charge in [0, 0.05) is 38.4 Å². The summed E-state index contributed by atoms with van der Waals surface area (Å²) in [5.41, 5.74) is 2.27. The highest BCUT2D eigenvalue weighted by molar-refractivity contribution is 5.74. The maximum atomic E-state index is 12.5. The van der Waals surface area contributed by atoms with E-state index in [9.17, 15) is 4.79 Å². The second-order valence-corrected chi connectivity index (χ2v) is 7.43. The summed E-state index contributed by atoms with van der Waals surface area (Å²) in [5.74, 6) is 1.75. The van der Waals surface area contributed by atoms with Crippen LogP contribution in [0.5, 0.6) is 11.5 Å². The van der Waals surface area contributed by atoms with Crippen LogP contribution in [-0.2, 0) is 6.42 Å². The van der Waals surface area contributed by atoms with Gasteiger partial charge in [-0.3, -0.25) is 0 Å². The first kappa shape index (κ1) is 20.8. The quantitative estimate of drug-likeness (QED) is 0.776. The van der Waals surface area contributed by atoms with E-state index in [1.165, 1.54) is 0 Å². The Labute approximate surface area is 173 Å². The van der Waals surface area contributed by atoms with Gasteiger partial charge in [0.15, 0.2) is 0 Å². The fourth-order valence-electron chi connectivity index (χ4n) is 3.50. The second kappa shape index (κ2) is 10.0. The predicted molar refractivity (Wildman–Crippen MR) is 116 cm³/mol. The molecule has 0 aliphatic carbocycles. The van der Waals surface area contributed by atoms with Crippen LogP contribution in [0.1, 0.15) is 19.4 Å². The highest BCUT2D eigenvalue weighted by atomic mass is 16.5. The molecule has 1 aliphatic rings. The topological polar surface area (TPSA) is 54.0 Å². The average Bonchev–Trinajstić information content (AvgIpc) is 2.74. The van der Waals surface area contributed by atoms with Crippen LogP contribution in [0.15, 0.2) is 48.5 Å². The minimum Gasteiger partial charge on any atom is -0.496 e. The number of carbonyl (C=O) groups is 1. The molecule has 0 atom stereocenters. The van der Waals surface area contributed by atoms with E-state index in [-0.39, 0.29) is 12.1 Å². The van der Waals surface area contributed by atoms with Crippen molar-refractivity contribution in [3.05, 3.63) is 54.1 Å². The molecule has 1 N–H and O–H groups in total. The number of urea groups is 1. The van der Waals surface area contributed by atoms with Crippen LogP contribution in [0.2, 0.25) is 0 Å². The molecule has 1 fully saturated rings. The molecule has 29 heavy (non-hydrogen) atoms. The van der Waals surface area contributed by atoms with E-state index in [4.69, 9.17) is 9.47 Å². The van der Waals surface area contributed by atoms with Crippen molar-refractivity contribution >= 4 is 11.7 Å². The first-order chi connectivity index (χ1) is 14.1. The van der Waals surface area contributed by atoms with Crippen LogP contribution >= 0.6 is 0 Å². The number of hydrogen-bond acceptors (Lipinski definition) is 4. The molecule has 0 unspecified atom stereocenters. The molecule has 2 aromatic carbocycles. The van der Waals surface area contributed by atoms with E-state index < -0.39 is 0 Å². The lowest BCUT2D eigenvalue weighted by Gasteiger charge is -2.36. The highest BCUT2D eigenvalue weighted by Crippen LogP contribution is 2.21. The number of anilines is 1. The molecule has 156 valence electrons. The van der Waals surface area contributed by atoms with Gasteiger partial charge in [-0.15, -0.1) is 0 Å². The Morgan fingerprint density at radius 1 is 1.03 bits per heavy atom. The van der Waals surface area contributed by atoms with Crippen LogP contribution in [0.3, 0.4) is 0 Å². The van der Waals surface area contributed by atoms with Crippen molar-refractivity contribution in [2.24, 2.45) is 0 Å². The van der Waals surface area contributed by atoms with E-state index >= 15 is 0 Å². The smallest absolute Gasteiger partial charge is 0.317 e. The summed E-state index contributed by atoms with van der Waals surface area (Å²) in [5, 5.41) is 3.03. The van der Waals surface area contributed by atoms with Crippen molar-refractivity contribution in [1.82, 2.24) is 10.2 Å². The van der Waals surface area contributed by atoms with Crippen LogP contribution in [0, 0.1) is 0 Å². The van der Waals surface area contributed by atoms with Crippen LogP contribution in [0.4, 0.5) is 10.5 Å². The molecule has 1 saturated heterocycles. The third-order valence-electron chi connectivity index (χ3n) is 5.00. The number of rotatable bonds is 7. The largest absolute Gasteiger partial charge is 0.496 e. The number of ether oxygens (including phenoxy) is 2. The Morgan fingerprint density at radius 2 is 1.72 bits per heavy atom. The van der Waals surface area contributed by atoms with Gasteiger partial charge in [-0.25, -0.2) is 4.79 Å². The highest BCUT2D eigenvalue weighted by Gasteiger charge is 2.21. The molecule has 1 aliphatic heterocycles. The molecule has 0 spiro atoms. The third-order valence-corrected chi connectivity index (χ3v) is 5.00. The molecular weight excluding hydrogens is 366 g/mol. The Bertz CT molecular complexity index is 784. The van der Waals surface area contributed by atoms with Crippen LogP contribution < -0.4 is 19.7 Å². The minimum absolute atomic E-state index is 0.000212. The Hall–Kier alpha value is -2.89. The number of hydrogen-bond donors (Lipinski definition) is 1. The molecule has 0 radical (unpaired) electrons. The fourth-order valence-corrected chi connectivity index (χ4v) is 3.50. The molecule has 1 heterocycles. The van der Waals surface area contributed by atoms with Crippen molar-refractivity contribution in [2.45, 2.75) is 26.4 Å². The zero-order chi connectivity index (χ0) is 20.6. The number of amides is 2. The number of nitrogens with zero attached hydrogens (tertiary/aromatic N) is 2. The molecular formula is C23H31N3O3. The molecule has 2 amide bonds. The second-order valence-electron chi connectivity index (χ2n) is 7.43. The normalized spacial score (nSPS) is 14.1. The molecule has 3 rings (SSSR count). The monoisotopic (exact) mass is 397 g/mol. The summed E-state index contributed by atoms with van der Waals surface area (Å²) in [7, 11) is 1.67. The molecule has 2 aromatic rings. The summed E-state index contributed by atoms with van der Waals surface area (Å²) in [6, 6.07) is 16.1. The maximum absolute atomic E-state index is 12.5. The van der Waals surface area contributed by atoms with E-state index in [0.717, 1.165) is 42.3 Å². The Kier molecular flexibility index (Phi) is 7.22. The summed E-state index contributed by atoms with van der Waals surface area (Å²) in [4.78, 5) is 16.7. The molecule has 6 nitrogen and oxygen atoms in total. The van der Waals surface area contributed by atoms with Crippen molar-refractivity contribution in [2.75, 3.05) is 44.7 Å². The van der Waals surface area contributed by atoms with Gasteiger partial charge in [0.25, 0.3) is 0 Å². The fraction of sp³-hybridized carbons (Fsp3) is 0.435. The Balaban J connectivity index is 1.43. The lowest BCUT2D eigenvalue weighted by atomic mass is 10.1. The molecule has 6 heteroatoms. The SMILES string of the molecule is COc1ccccc1CCNC(=O)N1CCN(c2ccc(OC(C)C)cc2)CC1. The summed E-state index contributed by atoms with van der Waals surface area (Å²) < 4.78 is 11.1. The average molecular weight is 398 g/mol. The number of benzene rings is 2. The lowest BCUT2D eigenvalue weighted by Crippen LogP contribution is -2.52. The number of para-hydroxylation sites is 1. The first-order valence-corrected chi connectivity index (χ1v) is 10.2. The van der Waals surface area contributed by atoms with Gasteiger partial charge in [-0.05, 0) is 56.2 Å². The van der Waals surface area contributed by atoms with Gasteiger partial charge >= 0.3 is 6.03 Å². The van der Waals surface area contributed by atoms with Crippen LogP contribution in [-0.4, -0.2) is 56.9 Å². The van der Waals surface area contributed by atoms with E-state index in [0.29, 0.717) is 19.6 Å². The van der Waals surface area contributed by atoms with Gasteiger partial charge in [-0.1, -0.05) is 18.2 Å². The van der Waals surface area contributed by atoms with Crippen molar-refractivity contribution in [1.29, 1.82) is 0 Å². The minimum atomic E-state index is 0.000212. The third kappa shape index (κ3) is 5.79. The molecule has 0 bridgehead atoms. The summed E-state index contributed by atoms with van der Waals surface area (Å²) in [6.45, 7) is 7.71. The number of nitrogens with one attached hydrogen (secondary N) is 1. The molecule has 0 saturated carbocycles. The predicted octanol–water partition coefficient (Wildman–Crippen LogP) is 3.56. The number of carbonyl (C=O) groups excluding carboxylic acids is 1. The standard InChI is InChI=1S/C23H31N3O3/c1-18(2)29-21-10-8-20(9-11-21)25-14-16-26(17-15-25)23(27)24-13-12-19-6-4-5-7-22(19)28-3/h4-11,18H,12-17H2,1-3H3,(H,24,27). The van der Waals surface area contributed by atoms with Gasteiger partial charge in [0.2, 0.25) is 0 Å². The van der Waals surface area contributed by atoms with Gasteiger partial charge < -0.3 is 24.6 Å². The molecule has 0 aromatic heterocycles. The van der Waals surface area contributed by atoms with Crippen LogP contribution in [0.25, 0.3) is 0 Å². The van der Waals surface area contributed by atoms with Crippen molar-refractivity contribution < 1.29 is 14.3 Å². The number of methoxy groups -OCH3 is 1. The first-order valence-electron chi connectivity index (χ1n) is 10.2. The van der Waals surface area contributed by atoms with Gasteiger partial charge in [-0.2, -0.15) is 0 Å². The van der Waals surface area contributed by atoms with E-state index in [2.05, 4.69) is 22.3 Å². The zero-order valence-corrected chi connectivity index (χ0v) is 17.6. The lowest BCUT2D eigenvalue weighted by molar-refractivity contribution is 0.194. The van der Waals surface area contributed by atoms with E-state index in [1.54, 1.807) is 7.11 Å². The summed E-state index contributed by atoms with van der Waals surface area (Å²) >= 11 is 0. The Morgan fingerprint density at radius 3 is 2.38 bits per heavy atom. The van der Waals surface area contributed by atoms with E-state index in [1.807, 2.05) is 55.1 Å². The van der Waals surface area contributed by atoms with Crippen molar-refractivity contribution in [3.8, 4) is 11.5 Å². The number of piperazine rings is 1. The zero-order valence-electron chi connectivity index (χ0n) is 17.6. The maximum Gasteiger partial charge on any atom is 0.317 e.